The third-order valence-electron chi connectivity index (χ3n) is 2.75. The number of hydrogen-bond donors (Lipinski definition) is 3. The van der Waals surface area contributed by atoms with Gasteiger partial charge in [-0.3, -0.25) is 9.69 Å². The molecule has 1 rings (SSSR count). The van der Waals surface area contributed by atoms with Gasteiger partial charge in [-0.1, -0.05) is 11.6 Å². The molecule has 0 aromatic heterocycles. The highest BCUT2D eigenvalue weighted by molar-refractivity contribution is 6.33. The molecule has 0 bridgehead atoms. The van der Waals surface area contributed by atoms with Gasteiger partial charge >= 0.3 is 0 Å². The lowest BCUT2D eigenvalue weighted by Gasteiger charge is -2.20. The highest BCUT2D eigenvalue weighted by atomic mass is 35.5. The van der Waals surface area contributed by atoms with E-state index in [9.17, 15) is 13.6 Å². The van der Waals surface area contributed by atoms with E-state index in [0.29, 0.717) is 16.4 Å². The number of halogens is 3. The minimum atomic E-state index is -2.50. The van der Waals surface area contributed by atoms with Gasteiger partial charge in [0.15, 0.2) is 0 Å². The number of aliphatic hydroxyl groups excluding tert-OH is 1. The Morgan fingerprint density at radius 3 is 2.71 bits per heavy atom. The predicted octanol–water partition coefficient (Wildman–Crippen LogP) is 1.81. The van der Waals surface area contributed by atoms with E-state index in [4.69, 9.17) is 22.4 Å². The number of hydrogen-bond acceptors (Lipinski definition) is 4. The van der Waals surface area contributed by atoms with Crippen molar-refractivity contribution in [3.8, 4) is 0 Å². The van der Waals surface area contributed by atoms with Gasteiger partial charge in [0, 0.05) is 25.2 Å². The Labute approximate surface area is 126 Å². The number of benzene rings is 1. The number of amides is 1. The summed E-state index contributed by atoms with van der Waals surface area (Å²) in [7, 11) is 0. The third kappa shape index (κ3) is 6.70. The number of alkyl halides is 2. The molecule has 0 aliphatic heterocycles. The molecule has 0 unspecified atom stereocenters. The summed E-state index contributed by atoms with van der Waals surface area (Å²) >= 11 is 5.76. The van der Waals surface area contributed by atoms with Crippen LogP contribution in [0.3, 0.4) is 0 Å². The Hall–Kier alpha value is -1.44. The summed E-state index contributed by atoms with van der Waals surface area (Å²) in [6, 6.07) is 4.67. The number of nitrogen functional groups attached to an aromatic ring is 1. The largest absolute Gasteiger partial charge is 0.397 e. The van der Waals surface area contributed by atoms with Crippen LogP contribution >= 0.6 is 11.6 Å². The van der Waals surface area contributed by atoms with E-state index in [1.54, 1.807) is 12.1 Å². The van der Waals surface area contributed by atoms with E-state index >= 15 is 0 Å². The minimum absolute atomic E-state index is 0.0370. The molecule has 0 aliphatic carbocycles. The molecule has 0 heterocycles. The summed E-state index contributed by atoms with van der Waals surface area (Å²) in [5.41, 5.74) is 6.44. The van der Waals surface area contributed by atoms with Gasteiger partial charge < -0.3 is 16.2 Å². The number of carbonyl (C=O) groups excluding carboxylic acids is 1. The van der Waals surface area contributed by atoms with Crippen LogP contribution in [-0.4, -0.2) is 48.6 Å². The number of aliphatic hydroxyl groups is 1. The van der Waals surface area contributed by atoms with Crippen LogP contribution in [0.4, 0.5) is 20.2 Å². The van der Waals surface area contributed by atoms with Crippen molar-refractivity contribution in [3.05, 3.63) is 23.2 Å². The molecular formula is C13H18ClF2N3O2. The average Bonchev–Trinajstić information content (AvgIpc) is 2.40. The summed E-state index contributed by atoms with van der Waals surface area (Å²) in [4.78, 5) is 13.1. The van der Waals surface area contributed by atoms with Crippen molar-refractivity contribution in [3.63, 3.8) is 0 Å². The SMILES string of the molecule is Nc1cc(NC(=O)CCN(CCO)CC(F)F)ccc1Cl. The zero-order valence-electron chi connectivity index (χ0n) is 11.4. The molecule has 8 heteroatoms. The maximum absolute atomic E-state index is 12.3. The number of nitrogens with one attached hydrogen (secondary N) is 1. The van der Waals surface area contributed by atoms with E-state index in [2.05, 4.69) is 5.32 Å². The fourth-order valence-electron chi connectivity index (χ4n) is 1.74. The molecule has 0 spiro atoms. The van der Waals surface area contributed by atoms with Crippen LogP contribution in [0.2, 0.25) is 5.02 Å². The topological polar surface area (TPSA) is 78.6 Å². The first kappa shape index (κ1) is 17.6. The first-order valence-electron chi connectivity index (χ1n) is 6.38. The van der Waals surface area contributed by atoms with E-state index in [1.165, 1.54) is 11.0 Å². The second-order valence-corrected chi connectivity index (χ2v) is 4.86. The summed E-state index contributed by atoms with van der Waals surface area (Å²) in [5, 5.41) is 11.8. The van der Waals surface area contributed by atoms with Gasteiger partial charge in [0.05, 0.1) is 23.9 Å². The summed E-state index contributed by atoms with van der Waals surface area (Å²) in [6.07, 6.45) is -2.47. The van der Waals surface area contributed by atoms with Crippen molar-refractivity contribution in [2.24, 2.45) is 0 Å². The molecule has 0 aliphatic rings. The van der Waals surface area contributed by atoms with Crippen LogP contribution < -0.4 is 11.1 Å². The number of nitrogens with two attached hydrogens (primary N) is 1. The van der Waals surface area contributed by atoms with Gasteiger partial charge in [-0.2, -0.15) is 0 Å². The quantitative estimate of drug-likeness (QED) is 0.638. The van der Waals surface area contributed by atoms with Crippen molar-refractivity contribution in [2.45, 2.75) is 12.8 Å². The maximum atomic E-state index is 12.3. The second kappa shape index (κ2) is 8.76. The van der Waals surface area contributed by atoms with Gasteiger partial charge in [-0.15, -0.1) is 0 Å². The van der Waals surface area contributed by atoms with Crippen LogP contribution in [0.5, 0.6) is 0 Å². The van der Waals surface area contributed by atoms with Crippen molar-refractivity contribution < 1.29 is 18.7 Å². The molecular weight excluding hydrogens is 304 g/mol. The van der Waals surface area contributed by atoms with Gasteiger partial charge in [-0.05, 0) is 18.2 Å². The lowest BCUT2D eigenvalue weighted by molar-refractivity contribution is -0.116. The van der Waals surface area contributed by atoms with Gasteiger partial charge in [0.2, 0.25) is 5.91 Å². The first-order chi connectivity index (χ1) is 9.92. The van der Waals surface area contributed by atoms with E-state index in [-0.39, 0.29) is 32.0 Å². The van der Waals surface area contributed by atoms with Gasteiger partial charge in [-0.25, -0.2) is 8.78 Å². The number of anilines is 2. The number of nitrogens with zero attached hydrogens (tertiary/aromatic N) is 1. The lowest BCUT2D eigenvalue weighted by Crippen LogP contribution is -2.34. The molecule has 5 nitrogen and oxygen atoms in total. The van der Waals surface area contributed by atoms with Crippen LogP contribution in [0.1, 0.15) is 6.42 Å². The molecule has 1 amide bonds. The zero-order chi connectivity index (χ0) is 15.8. The van der Waals surface area contributed by atoms with Crippen LogP contribution in [0, 0.1) is 0 Å². The zero-order valence-corrected chi connectivity index (χ0v) is 12.1. The number of rotatable bonds is 8. The van der Waals surface area contributed by atoms with Gasteiger partial charge in [0.1, 0.15) is 0 Å². The minimum Gasteiger partial charge on any atom is -0.397 e. The first-order valence-corrected chi connectivity index (χ1v) is 6.76. The molecule has 118 valence electrons. The predicted molar refractivity (Wildman–Crippen MR) is 78.6 cm³/mol. The molecule has 0 radical (unpaired) electrons. The molecule has 0 fully saturated rings. The maximum Gasteiger partial charge on any atom is 0.251 e. The standard InChI is InChI=1S/C13H18ClF2N3O2/c14-10-2-1-9(7-11(10)17)18-13(21)3-4-19(5-6-20)8-12(15)16/h1-2,7,12,20H,3-6,8,17H2,(H,18,21). The Balaban J connectivity index is 2.46. The Morgan fingerprint density at radius 1 is 1.43 bits per heavy atom. The van der Waals surface area contributed by atoms with Gasteiger partial charge in [0.25, 0.3) is 6.43 Å². The molecule has 4 N–H and O–H groups in total. The van der Waals surface area contributed by atoms with Crippen LogP contribution in [-0.2, 0) is 4.79 Å². The van der Waals surface area contributed by atoms with Crippen molar-refractivity contribution >= 4 is 28.9 Å². The van der Waals surface area contributed by atoms with Crippen LogP contribution in [0.15, 0.2) is 18.2 Å². The van der Waals surface area contributed by atoms with E-state index < -0.39 is 13.0 Å². The lowest BCUT2D eigenvalue weighted by atomic mass is 10.2. The fraction of sp³-hybridized carbons (Fsp3) is 0.462. The van der Waals surface area contributed by atoms with E-state index in [0.717, 1.165) is 0 Å². The van der Waals surface area contributed by atoms with Crippen molar-refractivity contribution in [1.82, 2.24) is 4.90 Å². The average molecular weight is 322 g/mol. The number of carbonyl (C=O) groups is 1. The molecule has 1 aromatic rings. The van der Waals surface area contributed by atoms with Crippen molar-refractivity contribution in [1.29, 1.82) is 0 Å². The fourth-order valence-corrected chi connectivity index (χ4v) is 1.85. The molecule has 0 atom stereocenters. The Kier molecular flexibility index (Phi) is 7.35. The van der Waals surface area contributed by atoms with Crippen molar-refractivity contribution in [2.75, 3.05) is 37.3 Å². The Bertz CT molecular complexity index is 475. The highest BCUT2D eigenvalue weighted by Crippen LogP contribution is 2.22. The van der Waals surface area contributed by atoms with E-state index in [1.807, 2.05) is 0 Å². The normalized spacial score (nSPS) is 11.1. The third-order valence-corrected chi connectivity index (χ3v) is 3.09. The molecule has 21 heavy (non-hydrogen) atoms. The van der Waals surface area contributed by atoms with Crippen LogP contribution in [0.25, 0.3) is 0 Å². The second-order valence-electron chi connectivity index (χ2n) is 4.45. The summed E-state index contributed by atoms with van der Waals surface area (Å²) in [5.74, 6) is -0.325. The molecule has 0 saturated carbocycles. The molecule has 0 saturated heterocycles. The summed E-state index contributed by atoms with van der Waals surface area (Å²) in [6.45, 7) is -0.463. The Morgan fingerprint density at radius 2 is 2.14 bits per heavy atom. The monoisotopic (exact) mass is 321 g/mol. The highest BCUT2D eigenvalue weighted by Gasteiger charge is 2.13. The summed E-state index contributed by atoms with van der Waals surface area (Å²) < 4.78 is 24.6. The molecule has 1 aromatic carbocycles. The smallest absolute Gasteiger partial charge is 0.251 e.